The lowest BCUT2D eigenvalue weighted by Gasteiger charge is -2.36. The second-order valence-corrected chi connectivity index (χ2v) is 11.2. The van der Waals surface area contributed by atoms with E-state index in [2.05, 4.69) is 25.7 Å². The van der Waals surface area contributed by atoms with Crippen LogP contribution in [0.5, 0.6) is 5.75 Å². The van der Waals surface area contributed by atoms with Crippen molar-refractivity contribution in [1.29, 1.82) is 0 Å². The number of ether oxygens (including phenoxy) is 1. The van der Waals surface area contributed by atoms with E-state index in [1.165, 1.54) is 25.3 Å². The molecule has 0 spiro atoms. The molecule has 1 saturated carbocycles. The van der Waals surface area contributed by atoms with E-state index in [0.717, 1.165) is 12.1 Å². The molecule has 3 aromatic rings. The molecule has 4 rings (SSSR count). The van der Waals surface area contributed by atoms with Gasteiger partial charge in [-0.15, -0.1) is 0 Å². The van der Waals surface area contributed by atoms with Crippen molar-refractivity contribution >= 4 is 29.3 Å². The molecule has 8 nitrogen and oxygen atoms in total. The van der Waals surface area contributed by atoms with Gasteiger partial charge in [-0.2, -0.15) is 17.6 Å². The number of benzene rings is 2. The highest BCUT2D eigenvalue weighted by Gasteiger charge is 2.45. The van der Waals surface area contributed by atoms with E-state index < -0.39 is 47.6 Å². The molecule has 3 N–H and O–H groups in total. The van der Waals surface area contributed by atoms with Crippen LogP contribution in [0, 0.1) is 11.7 Å². The summed E-state index contributed by atoms with van der Waals surface area (Å²) in [5.74, 6) is -2.96. The number of carbonyl (C=O) groups excluding carboxylic acids is 3. The highest BCUT2D eigenvalue weighted by molar-refractivity contribution is 6.30. The van der Waals surface area contributed by atoms with Gasteiger partial charge in [-0.25, -0.2) is 9.18 Å². The lowest BCUT2D eigenvalue weighted by Crippen LogP contribution is -2.54. The average molecular weight is 653 g/mol. The fourth-order valence-corrected chi connectivity index (χ4v) is 5.35. The Morgan fingerprint density at radius 2 is 1.80 bits per heavy atom. The van der Waals surface area contributed by atoms with E-state index in [1.54, 1.807) is 30.3 Å². The first-order valence-electron chi connectivity index (χ1n) is 14.0. The Labute approximate surface area is 260 Å². The van der Waals surface area contributed by atoms with Gasteiger partial charge in [-0.3, -0.25) is 14.6 Å². The summed E-state index contributed by atoms with van der Waals surface area (Å²) in [6.07, 6.45) is -6.76. The summed E-state index contributed by atoms with van der Waals surface area (Å²) in [6.45, 7) is 1.24. The van der Waals surface area contributed by atoms with Crippen LogP contribution in [-0.2, 0) is 21.5 Å². The normalized spacial score (nSPS) is 17.8. The molecule has 1 aromatic heterocycles. The zero-order valence-electron chi connectivity index (χ0n) is 24.0. The monoisotopic (exact) mass is 652 g/mol. The smallest absolute Gasteiger partial charge is 0.428 e. The van der Waals surface area contributed by atoms with Crippen molar-refractivity contribution in [1.82, 2.24) is 20.9 Å². The number of urea groups is 1. The molecule has 240 valence electrons. The summed E-state index contributed by atoms with van der Waals surface area (Å²) < 4.78 is 72.9. The second-order valence-electron chi connectivity index (χ2n) is 10.8. The molecule has 14 heteroatoms. The van der Waals surface area contributed by atoms with Crippen molar-refractivity contribution in [2.45, 2.75) is 56.7 Å². The van der Waals surface area contributed by atoms with E-state index >= 15 is 4.39 Å². The van der Waals surface area contributed by atoms with Crippen LogP contribution in [-0.4, -0.2) is 47.8 Å². The number of carbonyl (C=O) groups is 3. The van der Waals surface area contributed by atoms with Crippen LogP contribution in [0.4, 0.5) is 26.7 Å². The number of nitrogens with zero attached hydrogens (tertiary/aromatic N) is 1. The molecule has 1 heterocycles. The first-order chi connectivity index (χ1) is 21.3. The van der Waals surface area contributed by atoms with Gasteiger partial charge in [0.25, 0.3) is 0 Å². The van der Waals surface area contributed by atoms with E-state index in [9.17, 15) is 31.9 Å². The van der Waals surface area contributed by atoms with E-state index in [1.807, 2.05) is 0 Å². The number of amides is 3. The minimum atomic E-state index is -4.92. The second kappa shape index (κ2) is 14.2. The Morgan fingerprint density at radius 3 is 2.44 bits per heavy atom. The number of halogens is 6. The van der Waals surface area contributed by atoms with Crippen LogP contribution in [0.2, 0.25) is 5.02 Å². The quantitative estimate of drug-likeness (QED) is 0.215. The van der Waals surface area contributed by atoms with Crippen LogP contribution >= 0.6 is 11.6 Å². The topological polar surface area (TPSA) is 109 Å². The number of Topliss-reactive ketones (excluding diaryl/α,β-unsaturated/α-hetero) is 1. The minimum absolute atomic E-state index is 0.0925. The molecule has 2 aromatic carbocycles. The predicted octanol–water partition coefficient (Wildman–Crippen LogP) is 5.77. The summed E-state index contributed by atoms with van der Waals surface area (Å²) in [5, 5.41) is 8.43. The lowest BCUT2D eigenvalue weighted by atomic mass is 9.80. The number of hydrogen-bond donors (Lipinski definition) is 3. The van der Waals surface area contributed by atoms with Gasteiger partial charge in [0.1, 0.15) is 22.9 Å². The number of aromatic nitrogens is 1. The van der Waals surface area contributed by atoms with Gasteiger partial charge in [0.05, 0.1) is 17.3 Å². The van der Waals surface area contributed by atoms with Gasteiger partial charge in [-0.05, 0) is 61.6 Å². The molecule has 3 amide bonds. The molecule has 0 radical (unpaired) electrons. The highest BCUT2D eigenvalue weighted by Crippen LogP contribution is 2.37. The fraction of sp³-hybridized carbons (Fsp3) is 0.355. The summed E-state index contributed by atoms with van der Waals surface area (Å²) in [4.78, 5) is 41.7. The zero-order chi connectivity index (χ0) is 32.8. The van der Waals surface area contributed by atoms with Gasteiger partial charge in [-0.1, -0.05) is 41.9 Å². The first-order valence-corrected chi connectivity index (χ1v) is 14.3. The SMILES string of the molecule is CC(=O)CNC(=O)[C@H]1CC[C@@H](NC(=O)N[C@@](Cc2ccccc2)(c2cc(F)cc(OC(F)(F)C(F)F)c2)c2ccc(Cl)cn2)C1. The molecule has 3 atom stereocenters. The van der Waals surface area contributed by atoms with Crippen LogP contribution in [0.3, 0.4) is 0 Å². The lowest BCUT2D eigenvalue weighted by molar-refractivity contribution is -0.253. The molecule has 45 heavy (non-hydrogen) atoms. The Hall–Kier alpha value is -4.26. The van der Waals surface area contributed by atoms with Gasteiger partial charge in [0.15, 0.2) is 0 Å². The minimum Gasteiger partial charge on any atom is -0.428 e. The van der Waals surface area contributed by atoms with E-state index in [-0.39, 0.29) is 47.4 Å². The number of alkyl halides is 4. The number of nitrogens with one attached hydrogen (secondary N) is 3. The average Bonchev–Trinajstić information content (AvgIpc) is 3.44. The van der Waals surface area contributed by atoms with Crippen LogP contribution in [0.15, 0.2) is 66.9 Å². The van der Waals surface area contributed by atoms with Gasteiger partial charge < -0.3 is 20.7 Å². The summed E-state index contributed by atoms with van der Waals surface area (Å²) in [7, 11) is 0. The largest absolute Gasteiger partial charge is 0.461 e. The van der Waals surface area contributed by atoms with Crippen LogP contribution in [0.25, 0.3) is 0 Å². The highest BCUT2D eigenvalue weighted by atomic mass is 35.5. The van der Waals surface area contributed by atoms with Gasteiger partial charge in [0.2, 0.25) is 5.91 Å². The molecule has 0 saturated heterocycles. The number of rotatable bonds is 12. The summed E-state index contributed by atoms with van der Waals surface area (Å²) in [6, 6.07) is 12.7. The third-order valence-corrected chi connectivity index (χ3v) is 7.55. The van der Waals surface area contributed by atoms with Gasteiger partial charge >= 0.3 is 18.6 Å². The van der Waals surface area contributed by atoms with Crippen molar-refractivity contribution in [3.8, 4) is 5.75 Å². The van der Waals surface area contributed by atoms with Crippen molar-refractivity contribution < 1.29 is 41.1 Å². The molecule has 0 aliphatic heterocycles. The molecular weight excluding hydrogens is 623 g/mol. The standard InChI is InChI=1S/C31H30ClF5N4O4/c1-18(42)16-39-27(43)20-7-9-24(11-20)40-29(44)41-30(15-19-5-3-2-4-6-19,26-10-8-22(32)17-38-26)21-12-23(33)14-25(13-21)45-31(36,37)28(34)35/h2-6,8,10,12-14,17,20,24,28H,7,9,11,15-16H2,1H3,(H,39,43)(H2,40,41,44)/t20-,24+,30-/m0/s1. The molecule has 1 aliphatic carbocycles. The van der Waals surface area contributed by atoms with E-state index in [0.29, 0.717) is 24.5 Å². The van der Waals surface area contributed by atoms with Crippen molar-refractivity contribution in [2.75, 3.05) is 6.54 Å². The Morgan fingerprint density at radius 1 is 1.07 bits per heavy atom. The third kappa shape index (κ3) is 8.68. The Kier molecular flexibility index (Phi) is 10.6. The zero-order valence-corrected chi connectivity index (χ0v) is 24.7. The Bertz CT molecular complexity index is 1510. The maximum atomic E-state index is 15.0. The van der Waals surface area contributed by atoms with Crippen molar-refractivity contribution in [3.63, 3.8) is 0 Å². The first kappa shape index (κ1) is 33.6. The maximum Gasteiger partial charge on any atom is 0.461 e. The fourth-order valence-electron chi connectivity index (χ4n) is 5.24. The molecule has 1 aliphatic rings. The summed E-state index contributed by atoms with van der Waals surface area (Å²) in [5.41, 5.74) is -1.17. The Balaban J connectivity index is 1.72. The third-order valence-electron chi connectivity index (χ3n) is 7.33. The molecular formula is C31H30ClF5N4O4. The predicted molar refractivity (Wildman–Crippen MR) is 155 cm³/mol. The number of pyridine rings is 1. The van der Waals surface area contributed by atoms with E-state index in [4.69, 9.17) is 11.6 Å². The molecule has 1 fully saturated rings. The summed E-state index contributed by atoms with van der Waals surface area (Å²) >= 11 is 6.07. The maximum absolute atomic E-state index is 15.0. The van der Waals surface area contributed by atoms with Crippen LogP contribution < -0.4 is 20.7 Å². The number of hydrogen-bond acceptors (Lipinski definition) is 5. The molecule has 0 unspecified atom stereocenters. The van der Waals surface area contributed by atoms with Crippen molar-refractivity contribution in [3.05, 3.63) is 94.5 Å². The molecule has 0 bridgehead atoms. The van der Waals surface area contributed by atoms with Crippen LogP contribution in [0.1, 0.15) is 43.0 Å². The van der Waals surface area contributed by atoms with Crippen molar-refractivity contribution in [2.24, 2.45) is 5.92 Å². The van der Waals surface area contributed by atoms with Gasteiger partial charge in [0, 0.05) is 30.6 Å². The number of ketones is 1.